The van der Waals surface area contributed by atoms with E-state index in [0.717, 1.165) is 51.8 Å². The summed E-state index contributed by atoms with van der Waals surface area (Å²) in [7, 11) is 3.40. The quantitative estimate of drug-likeness (QED) is 0.410. The van der Waals surface area contributed by atoms with Gasteiger partial charge >= 0.3 is 6.09 Å². The smallest absolute Gasteiger partial charge is 0.407 e. The second-order valence-electron chi connectivity index (χ2n) is 10.6. The van der Waals surface area contributed by atoms with Gasteiger partial charge in [-0.05, 0) is 53.5 Å². The van der Waals surface area contributed by atoms with Crippen LogP contribution in [0.25, 0.3) is 32.9 Å². The van der Waals surface area contributed by atoms with Crippen LogP contribution >= 0.6 is 0 Å². The summed E-state index contributed by atoms with van der Waals surface area (Å²) in [5.41, 5.74) is 6.53. The van der Waals surface area contributed by atoms with Gasteiger partial charge in [-0.1, -0.05) is 43.6 Å². The van der Waals surface area contributed by atoms with E-state index in [1.807, 2.05) is 24.8 Å². The molecule has 0 aliphatic carbocycles. The molecule has 2 atom stereocenters. The van der Waals surface area contributed by atoms with Crippen LogP contribution in [-0.2, 0) is 16.1 Å². The topological polar surface area (TPSA) is 96.6 Å². The number of aromatic nitrogens is 2. The number of likely N-dealkylation sites (tertiary alicyclic amines) is 1. The number of benzene rings is 3. The van der Waals surface area contributed by atoms with Crippen LogP contribution in [0.2, 0.25) is 0 Å². The van der Waals surface area contributed by atoms with Crippen molar-refractivity contribution in [2.24, 2.45) is 5.92 Å². The Morgan fingerprint density at radius 3 is 2.82 bits per heavy atom. The van der Waals surface area contributed by atoms with Gasteiger partial charge in [-0.15, -0.1) is 0 Å². The molecule has 0 bridgehead atoms. The molecule has 0 spiro atoms. The van der Waals surface area contributed by atoms with Crippen LogP contribution in [0.4, 0.5) is 4.79 Å². The SMILES string of the molecule is Bc1ccc2c(c1)COc1cc3c(ccc4nc([C@@H]5CCCN5C(=O)[C@@H](NC(=O)OC)C(C)C)[nH]c43)cc1-2. The lowest BCUT2D eigenvalue weighted by Crippen LogP contribution is -2.51. The summed E-state index contributed by atoms with van der Waals surface area (Å²) in [6.07, 6.45) is 1.07. The van der Waals surface area contributed by atoms with Gasteiger partial charge in [0.25, 0.3) is 0 Å². The molecule has 3 aromatic carbocycles. The third kappa shape index (κ3) is 4.06. The van der Waals surface area contributed by atoms with Crippen molar-refractivity contribution in [3.8, 4) is 16.9 Å². The summed E-state index contributed by atoms with van der Waals surface area (Å²) in [5, 5.41) is 4.85. The van der Waals surface area contributed by atoms with Crippen molar-refractivity contribution in [2.45, 2.75) is 45.4 Å². The van der Waals surface area contributed by atoms with Gasteiger partial charge < -0.3 is 24.7 Å². The largest absolute Gasteiger partial charge is 0.488 e. The Morgan fingerprint density at radius 2 is 2.03 bits per heavy atom. The number of hydrogen-bond donors (Lipinski definition) is 2. The molecule has 8 nitrogen and oxygen atoms in total. The molecule has 38 heavy (non-hydrogen) atoms. The van der Waals surface area contributed by atoms with Gasteiger partial charge in [0.15, 0.2) is 0 Å². The molecule has 0 unspecified atom stereocenters. The fraction of sp³-hybridized carbons (Fsp3) is 0.345. The summed E-state index contributed by atoms with van der Waals surface area (Å²) in [6.45, 7) is 5.00. The Bertz CT molecular complexity index is 1580. The number of amides is 2. The maximum Gasteiger partial charge on any atom is 0.407 e. The van der Waals surface area contributed by atoms with Gasteiger partial charge in [-0.2, -0.15) is 0 Å². The van der Waals surface area contributed by atoms with Crippen LogP contribution in [0.1, 0.15) is 44.1 Å². The fourth-order valence-corrected chi connectivity index (χ4v) is 5.79. The van der Waals surface area contributed by atoms with Crippen LogP contribution in [0, 0.1) is 5.92 Å². The molecule has 4 aromatic rings. The monoisotopic (exact) mass is 510 g/mol. The van der Waals surface area contributed by atoms with Crippen LogP contribution in [0.3, 0.4) is 0 Å². The van der Waals surface area contributed by atoms with Crippen LogP contribution in [0.5, 0.6) is 5.75 Å². The zero-order chi connectivity index (χ0) is 26.6. The molecule has 1 fully saturated rings. The lowest BCUT2D eigenvalue weighted by atomic mass is 9.88. The summed E-state index contributed by atoms with van der Waals surface area (Å²) < 4.78 is 10.9. The molecule has 0 radical (unpaired) electrons. The molecule has 2 amide bonds. The average Bonchev–Trinajstić information content (AvgIpc) is 3.57. The molecular formula is C29H31BN4O4. The number of carbonyl (C=O) groups excluding carboxylic acids is 2. The summed E-state index contributed by atoms with van der Waals surface area (Å²) in [4.78, 5) is 35.7. The number of alkyl carbamates (subject to hydrolysis) is 1. The van der Waals surface area contributed by atoms with Crippen molar-refractivity contribution in [3.05, 3.63) is 53.9 Å². The van der Waals surface area contributed by atoms with Crippen molar-refractivity contribution in [3.63, 3.8) is 0 Å². The number of ether oxygens (including phenoxy) is 2. The predicted molar refractivity (Wildman–Crippen MR) is 149 cm³/mol. The van der Waals surface area contributed by atoms with E-state index in [1.165, 1.54) is 23.7 Å². The molecule has 3 heterocycles. The van der Waals surface area contributed by atoms with E-state index in [0.29, 0.717) is 13.2 Å². The van der Waals surface area contributed by atoms with E-state index in [2.05, 4.69) is 54.5 Å². The Morgan fingerprint density at radius 1 is 1.18 bits per heavy atom. The van der Waals surface area contributed by atoms with Gasteiger partial charge in [0.2, 0.25) is 5.91 Å². The molecule has 2 aliphatic rings. The number of nitrogens with one attached hydrogen (secondary N) is 2. The first-order valence-electron chi connectivity index (χ1n) is 13.2. The van der Waals surface area contributed by atoms with E-state index >= 15 is 0 Å². The zero-order valence-electron chi connectivity index (χ0n) is 22.1. The normalized spacial score (nSPS) is 17.3. The molecule has 2 aliphatic heterocycles. The van der Waals surface area contributed by atoms with E-state index in [4.69, 9.17) is 14.5 Å². The van der Waals surface area contributed by atoms with Gasteiger partial charge in [-0.3, -0.25) is 4.79 Å². The number of carbonyl (C=O) groups is 2. The highest BCUT2D eigenvalue weighted by Gasteiger charge is 2.37. The zero-order valence-corrected chi connectivity index (χ0v) is 22.1. The van der Waals surface area contributed by atoms with Gasteiger partial charge in [0.05, 0.1) is 24.2 Å². The number of nitrogens with zero attached hydrogens (tertiary/aromatic N) is 2. The Balaban J connectivity index is 1.37. The van der Waals surface area contributed by atoms with E-state index < -0.39 is 12.1 Å². The van der Waals surface area contributed by atoms with Gasteiger partial charge in [-0.25, -0.2) is 9.78 Å². The van der Waals surface area contributed by atoms with Crippen molar-refractivity contribution < 1.29 is 19.1 Å². The third-order valence-electron chi connectivity index (χ3n) is 7.77. The molecular weight excluding hydrogens is 479 g/mol. The number of imidazole rings is 1. The van der Waals surface area contributed by atoms with E-state index in [-0.39, 0.29) is 17.9 Å². The van der Waals surface area contributed by atoms with Crippen LogP contribution in [0.15, 0.2) is 42.5 Å². The lowest BCUT2D eigenvalue weighted by Gasteiger charge is -2.29. The summed E-state index contributed by atoms with van der Waals surface area (Å²) in [5.74, 6) is 1.43. The van der Waals surface area contributed by atoms with Gasteiger partial charge in [0, 0.05) is 17.5 Å². The maximum absolute atomic E-state index is 13.5. The first-order chi connectivity index (χ1) is 18.3. The highest BCUT2D eigenvalue weighted by Crippen LogP contribution is 2.41. The van der Waals surface area contributed by atoms with Crippen molar-refractivity contribution in [2.75, 3.05) is 13.7 Å². The first-order valence-corrected chi connectivity index (χ1v) is 13.2. The second kappa shape index (κ2) is 9.38. The molecule has 6 rings (SSSR count). The minimum atomic E-state index is -0.663. The van der Waals surface area contributed by atoms with E-state index in [1.54, 1.807) is 0 Å². The summed E-state index contributed by atoms with van der Waals surface area (Å²) in [6, 6.07) is 14.1. The number of rotatable bonds is 4. The molecule has 0 saturated carbocycles. The standard InChI is InChI=1S/C29H31BN4O4/c1-15(2)25(33-29(36)37-3)28(35)34-10-4-5-23(34)27-31-22-9-6-16-12-21-19-8-7-18(30)11-17(19)14-38-24(21)13-20(16)26(22)32-27/h6-9,11-13,15,23,25H,4-5,10,14,30H2,1-3H3,(H,31,32)(H,33,36)/t23-,25-/m0/s1. The lowest BCUT2D eigenvalue weighted by molar-refractivity contribution is -0.135. The third-order valence-corrected chi connectivity index (χ3v) is 7.77. The van der Waals surface area contributed by atoms with E-state index in [9.17, 15) is 9.59 Å². The molecule has 2 N–H and O–H groups in total. The molecule has 1 saturated heterocycles. The first kappa shape index (κ1) is 24.3. The molecule has 194 valence electrons. The summed E-state index contributed by atoms with van der Waals surface area (Å²) >= 11 is 0. The van der Waals surface area contributed by atoms with Crippen molar-refractivity contribution >= 4 is 47.1 Å². The number of fused-ring (bicyclic) bond motifs is 6. The number of H-pyrrole nitrogens is 1. The minimum absolute atomic E-state index is 0.0808. The highest BCUT2D eigenvalue weighted by atomic mass is 16.5. The highest BCUT2D eigenvalue weighted by molar-refractivity contribution is 6.32. The number of aromatic amines is 1. The number of hydrogen-bond acceptors (Lipinski definition) is 5. The van der Waals surface area contributed by atoms with Gasteiger partial charge in [0.1, 0.15) is 32.1 Å². The van der Waals surface area contributed by atoms with Crippen LogP contribution < -0.4 is 15.5 Å². The molecule has 9 heteroatoms. The Hall–Kier alpha value is -4.01. The number of methoxy groups -OCH3 is 1. The average molecular weight is 510 g/mol. The Kier molecular flexibility index (Phi) is 6.01. The minimum Gasteiger partial charge on any atom is -0.488 e. The van der Waals surface area contributed by atoms with Crippen molar-refractivity contribution in [1.82, 2.24) is 20.2 Å². The fourth-order valence-electron chi connectivity index (χ4n) is 5.79. The maximum atomic E-state index is 13.5. The second-order valence-corrected chi connectivity index (χ2v) is 10.6. The predicted octanol–water partition coefficient (Wildman–Crippen LogP) is 3.58. The van der Waals surface area contributed by atoms with Crippen molar-refractivity contribution in [1.29, 1.82) is 0 Å². The Labute approximate surface area is 222 Å². The molecule has 1 aromatic heterocycles. The van der Waals surface area contributed by atoms with Crippen LogP contribution in [-0.4, -0.2) is 54.4 Å².